The van der Waals surface area contributed by atoms with E-state index >= 15 is 0 Å². The lowest BCUT2D eigenvalue weighted by molar-refractivity contribution is 0.494. The first-order valence-corrected chi connectivity index (χ1v) is 13.4. The first-order chi connectivity index (χ1) is 19.3. The van der Waals surface area contributed by atoms with E-state index < -0.39 is 0 Å². The molecule has 0 radical (unpaired) electrons. The van der Waals surface area contributed by atoms with E-state index in [1.807, 2.05) is 0 Å². The Morgan fingerprint density at radius 1 is 0.333 bits per heavy atom. The van der Waals surface area contributed by atoms with E-state index in [1.165, 1.54) is 54.0 Å². The molecule has 0 aromatic heterocycles. The van der Waals surface area contributed by atoms with E-state index in [2.05, 4.69) is 133 Å². The largest absolute Gasteiger partial charge is 0.455 e. The van der Waals surface area contributed by atoms with Crippen molar-refractivity contribution < 1.29 is 4.74 Å². The van der Waals surface area contributed by atoms with E-state index in [9.17, 15) is 0 Å². The summed E-state index contributed by atoms with van der Waals surface area (Å²) in [5, 5.41) is 12.3. The highest BCUT2D eigenvalue weighted by Crippen LogP contribution is 2.52. The van der Waals surface area contributed by atoms with Gasteiger partial charge in [-0.15, -0.1) is 0 Å². The molecule has 39 heavy (non-hydrogen) atoms. The Balaban J connectivity index is 1.29. The monoisotopic (exact) mass is 494 g/mol. The molecule has 0 fully saturated rings. The van der Waals surface area contributed by atoms with Crippen molar-refractivity contribution in [2.75, 3.05) is 0 Å². The average molecular weight is 495 g/mol. The fourth-order valence-electron chi connectivity index (χ4n) is 6.49. The maximum absolute atomic E-state index is 6.88. The predicted octanol–water partition coefficient (Wildman–Crippen LogP) is 10.9. The molecule has 1 heteroatoms. The molecule has 1 nitrogen and oxygen atoms in total. The van der Waals surface area contributed by atoms with Crippen LogP contribution in [0.5, 0.6) is 11.5 Å². The molecular formula is C38H22O. The number of benzene rings is 8. The first-order valence-electron chi connectivity index (χ1n) is 13.4. The Kier molecular flexibility index (Phi) is 4.11. The molecule has 0 saturated heterocycles. The van der Waals surface area contributed by atoms with Crippen LogP contribution in [0.25, 0.3) is 76.1 Å². The fraction of sp³-hybridized carbons (Fsp3) is 0. The SMILES string of the molecule is c1ccc2cc3c(ccc4cc(-c5ccc6cccc7c6c5Oc5c-7ccc6ccccc56)ccc43)cc2c1. The van der Waals surface area contributed by atoms with Crippen LogP contribution in [0.1, 0.15) is 0 Å². The zero-order chi connectivity index (χ0) is 25.5. The van der Waals surface area contributed by atoms with Gasteiger partial charge in [0, 0.05) is 21.9 Å². The van der Waals surface area contributed by atoms with Crippen LogP contribution in [-0.4, -0.2) is 0 Å². The smallest absolute Gasteiger partial charge is 0.143 e. The van der Waals surface area contributed by atoms with Gasteiger partial charge < -0.3 is 4.74 Å². The topological polar surface area (TPSA) is 9.23 Å². The van der Waals surface area contributed by atoms with Gasteiger partial charge in [-0.1, -0.05) is 103 Å². The minimum atomic E-state index is 0.943. The Morgan fingerprint density at radius 2 is 1.03 bits per heavy atom. The standard InChI is InChI=1S/C38H22O/c1-2-8-26-22-35-29(20-25(26)7-1)13-12-27-21-28(16-17-30(27)35)32-18-15-24-9-5-11-33-34-19-14-23-6-3-4-10-31(23)37(34)39-38(32)36(24)33/h1-22H. The third kappa shape index (κ3) is 2.96. The molecule has 0 saturated carbocycles. The molecule has 0 unspecified atom stereocenters. The van der Waals surface area contributed by atoms with E-state index in [0.29, 0.717) is 0 Å². The zero-order valence-electron chi connectivity index (χ0n) is 21.1. The molecule has 180 valence electrons. The van der Waals surface area contributed by atoms with Crippen LogP contribution < -0.4 is 4.74 Å². The number of hydrogen-bond donors (Lipinski definition) is 0. The van der Waals surface area contributed by atoms with Crippen molar-refractivity contribution in [3.63, 3.8) is 0 Å². The normalized spacial score (nSPS) is 12.3. The van der Waals surface area contributed by atoms with E-state index in [-0.39, 0.29) is 0 Å². The Bertz CT molecular complexity index is 2310. The lowest BCUT2D eigenvalue weighted by Crippen LogP contribution is -2.00. The molecule has 1 heterocycles. The van der Waals surface area contributed by atoms with E-state index in [0.717, 1.165) is 33.6 Å². The lowest BCUT2D eigenvalue weighted by atomic mass is 9.89. The van der Waals surface area contributed by atoms with Gasteiger partial charge in [0.2, 0.25) is 0 Å². The molecule has 0 atom stereocenters. The van der Waals surface area contributed by atoms with E-state index in [4.69, 9.17) is 4.74 Å². The minimum absolute atomic E-state index is 0.943. The van der Waals surface area contributed by atoms with E-state index in [1.54, 1.807) is 0 Å². The lowest BCUT2D eigenvalue weighted by Gasteiger charge is -2.25. The van der Waals surface area contributed by atoms with Crippen LogP contribution in [0.3, 0.4) is 0 Å². The molecular weight excluding hydrogens is 472 g/mol. The van der Waals surface area contributed by atoms with Crippen molar-refractivity contribution in [1.82, 2.24) is 0 Å². The van der Waals surface area contributed by atoms with Crippen molar-refractivity contribution in [3.05, 3.63) is 133 Å². The summed E-state index contributed by atoms with van der Waals surface area (Å²) in [4.78, 5) is 0. The van der Waals surface area contributed by atoms with Crippen LogP contribution in [0.15, 0.2) is 133 Å². The summed E-state index contributed by atoms with van der Waals surface area (Å²) >= 11 is 0. The summed E-state index contributed by atoms with van der Waals surface area (Å²) in [6, 6.07) is 48.4. The van der Waals surface area contributed by atoms with Gasteiger partial charge in [-0.25, -0.2) is 0 Å². The van der Waals surface area contributed by atoms with Gasteiger partial charge in [0.25, 0.3) is 0 Å². The van der Waals surface area contributed by atoms with Crippen LogP contribution in [0.2, 0.25) is 0 Å². The molecule has 0 amide bonds. The van der Waals surface area contributed by atoms with Crippen LogP contribution in [-0.2, 0) is 0 Å². The third-order valence-corrected chi connectivity index (χ3v) is 8.38. The molecule has 8 aromatic carbocycles. The second-order valence-electron chi connectivity index (χ2n) is 10.5. The molecule has 0 aliphatic carbocycles. The molecule has 1 aliphatic rings. The molecule has 8 aromatic rings. The Morgan fingerprint density at radius 3 is 1.92 bits per heavy atom. The van der Waals surface area contributed by atoms with Crippen molar-refractivity contribution in [2.45, 2.75) is 0 Å². The number of fused-ring (bicyclic) bond motifs is 8. The summed E-state index contributed by atoms with van der Waals surface area (Å²) in [6.07, 6.45) is 0. The fourth-order valence-corrected chi connectivity index (χ4v) is 6.49. The molecule has 0 spiro atoms. The highest BCUT2D eigenvalue weighted by molar-refractivity contribution is 6.14. The van der Waals surface area contributed by atoms with Gasteiger partial charge in [0.1, 0.15) is 11.5 Å². The van der Waals surface area contributed by atoms with Crippen LogP contribution in [0.4, 0.5) is 0 Å². The van der Waals surface area contributed by atoms with Crippen molar-refractivity contribution in [1.29, 1.82) is 0 Å². The van der Waals surface area contributed by atoms with Gasteiger partial charge in [-0.2, -0.15) is 0 Å². The third-order valence-electron chi connectivity index (χ3n) is 8.38. The molecule has 0 N–H and O–H groups in total. The summed E-state index contributed by atoms with van der Waals surface area (Å²) in [7, 11) is 0. The Labute approximate surface area is 225 Å². The minimum Gasteiger partial charge on any atom is -0.455 e. The molecule has 1 aliphatic heterocycles. The summed E-state index contributed by atoms with van der Waals surface area (Å²) in [5.41, 5.74) is 4.67. The van der Waals surface area contributed by atoms with Crippen molar-refractivity contribution in [2.24, 2.45) is 0 Å². The maximum Gasteiger partial charge on any atom is 0.143 e. The van der Waals surface area contributed by atoms with Crippen LogP contribution >= 0.6 is 0 Å². The Hall–Kier alpha value is -5.14. The van der Waals surface area contributed by atoms with Gasteiger partial charge in [-0.3, -0.25) is 0 Å². The number of hydrogen-bond acceptors (Lipinski definition) is 1. The summed E-state index contributed by atoms with van der Waals surface area (Å²) in [5.74, 6) is 1.89. The van der Waals surface area contributed by atoms with Crippen molar-refractivity contribution >= 4 is 53.9 Å². The number of rotatable bonds is 1. The van der Waals surface area contributed by atoms with Crippen LogP contribution in [0, 0.1) is 0 Å². The molecule has 9 rings (SSSR count). The number of ether oxygens (including phenoxy) is 1. The molecule has 0 bridgehead atoms. The van der Waals surface area contributed by atoms with Gasteiger partial charge in [0.15, 0.2) is 0 Å². The first kappa shape index (κ1) is 20.9. The second kappa shape index (κ2) is 7.69. The summed E-state index contributed by atoms with van der Waals surface area (Å²) in [6.45, 7) is 0. The van der Waals surface area contributed by atoms with Gasteiger partial charge in [-0.05, 0) is 84.5 Å². The highest BCUT2D eigenvalue weighted by atomic mass is 16.5. The van der Waals surface area contributed by atoms with Crippen molar-refractivity contribution in [3.8, 4) is 33.8 Å². The van der Waals surface area contributed by atoms with Gasteiger partial charge >= 0.3 is 0 Å². The quantitative estimate of drug-likeness (QED) is 0.163. The summed E-state index contributed by atoms with van der Waals surface area (Å²) < 4.78 is 6.88. The predicted molar refractivity (Wildman–Crippen MR) is 165 cm³/mol. The van der Waals surface area contributed by atoms with Gasteiger partial charge in [0.05, 0.1) is 0 Å². The second-order valence-corrected chi connectivity index (χ2v) is 10.5. The average Bonchev–Trinajstić information content (AvgIpc) is 3.00. The highest BCUT2D eigenvalue weighted by Gasteiger charge is 2.24. The zero-order valence-corrected chi connectivity index (χ0v) is 21.1. The maximum atomic E-state index is 6.88.